The van der Waals surface area contributed by atoms with Gasteiger partial charge in [-0.2, -0.15) is 0 Å². The van der Waals surface area contributed by atoms with Crippen LogP contribution < -0.4 is 5.32 Å². The maximum Gasteiger partial charge on any atom is 0.311 e. The highest BCUT2D eigenvalue weighted by atomic mass is 16.6. The molecule has 0 spiro atoms. The second-order valence-corrected chi connectivity index (χ2v) is 7.27. The summed E-state index contributed by atoms with van der Waals surface area (Å²) < 4.78 is 0. The molecule has 1 aliphatic carbocycles. The van der Waals surface area contributed by atoms with E-state index in [9.17, 15) is 29.6 Å². The van der Waals surface area contributed by atoms with Gasteiger partial charge >= 0.3 is 5.97 Å². The summed E-state index contributed by atoms with van der Waals surface area (Å²) in [4.78, 5) is 48.1. The first-order valence-electron chi connectivity index (χ1n) is 8.79. The number of carboxylic acid groups (broad SMARTS) is 1. The zero-order valence-electron chi connectivity index (χ0n) is 14.9. The number of carboxylic acids is 1. The predicted molar refractivity (Wildman–Crippen MR) is 94.2 cm³/mol. The van der Waals surface area contributed by atoms with Crippen molar-refractivity contribution in [2.75, 3.05) is 19.6 Å². The smallest absolute Gasteiger partial charge is 0.311 e. The minimum absolute atomic E-state index is 0.0352. The van der Waals surface area contributed by atoms with E-state index < -0.39 is 22.2 Å². The van der Waals surface area contributed by atoms with E-state index in [1.807, 2.05) is 0 Å². The van der Waals surface area contributed by atoms with Gasteiger partial charge in [0.25, 0.3) is 11.6 Å². The molecular weight excluding hydrogens is 354 g/mol. The molecule has 2 fully saturated rings. The largest absolute Gasteiger partial charge is 0.481 e. The van der Waals surface area contributed by atoms with Crippen molar-refractivity contribution in [2.45, 2.75) is 26.2 Å². The van der Waals surface area contributed by atoms with Crippen molar-refractivity contribution in [1.82, 2.24) is 10.2 Å². The van der Waals surface area contributed by atoms with E-state index in [1.54, 1.807) is 0 Å². The second kappa shape index (κ2) is 6.98. The number of likely N-dealkylation sites (tertiary alicyclic amines) is 1. The van der Waals surface area contributed by atoms with Gasteiger partial charge in [0.2, 0.25) is 5.91 Å². The molecule has 0 radical (unpaired) electrons. The highest BCUT2D eigenvalue weighted by molar-refractivity contribution is 5.97. The van der Waals surface area contributed by atoms with Gasteiger partial charge in [0.15, 0.2) is 0 Å². The fraction of sp³-hybridized carbons (Fsp3) is 0.500. The number of carbonyl (C=O) groups is 3. The van der Waals surface area contributed by atoms with Gasteiger partial charge in [-0.15, -0.1) is 0 Å². The van der Waals surface area contributed by atoms with Gasteiger partial charge in [0, 0.05) is 30.3 Å². The highest BCUT2D eigenvalue weighted by Crippen LogP contribution is 2.48. The Balaban J connectivity index is 1.60. The average molecular weight is 375 g/mol. The summed E-state index contributed by atoms with van der Waals surface area (Å²) in [6.45, 7) is 1.88. The molecule has 9 heteroatoms. The van der Waals surface area contributed by atoms with Crippen LogP contribution in [0.3, 0.4) is 0 Å². The Morgan fingerprint density at radius 2 is 2.15 bits per heavy atom. The summed E-state index contributed by atoms with van der Waals surface area (Å²) in [5.41, 5.74) is -0.346. The summed E-state index contributed by atoms with van der Waals surface area (Å²) in [5, 5.41) is 22.9. The molecule has 1 saturated carbocycles. The molecule has 144 valence electrons. The number of hydrogen-bond acceptors (Lipinski definition) is 5. The van der Waals surface area contributed by atoms with Crippen molar-refractivity contribution in [3.05, 3.63) is 39.4 Å². The first-order chi connectivity index (χ1) is 12.7. The van der Waals surface area contributed by atoms with Gasteiger partial charge in [0.05, 0.1) is 16.9 Å². The Hall–Kier alpha value is -2.97. The third-order valence-electron chi connectivity index (χ3n) is 5.71. The number of fused-ring (bicyclic) bond motifs is 1. The molecule has 3 rings (SSSR count). The Bertz CT molecular complexity index is 823. The number of aryl methyl sites for hydroxylation is 1. The fourth-order valence-electron chi connectivity index (χ4n) is 4.20. The molecule has 2 atom stereocenters. The minimum atomic E-state index is -0.856. The van der Waals surface area contributed by atoms with Crippen LogP contribution in [0.4, 0.5) is 5.69 Å². The van der Waals surface area contributed by atoms with Crippen molar-refractivity contribution in [3.8, 4) is 0 Å². The zero-order chi connectivity index (χ0) is 19.8. The summed E-state index contributed by atoms with van der Waals surface area (Å²) in [7, 11) is 0. The first-order valence-corrected chi connectivity index (χ1v) is 8.79. The average Bonchev–Trinajstić information content (AvgIpc) is 3.17. The lowest BCUT2D eigenvalue weighted by atomic mass is 9.81. The normalized spacial score (nSPS) is 23.7. The van der Waals surface area contributed by atoms with Crippen LogP contribution in [0, 0.1) is 28.4 Å². The van der Waals surface area contributed by atoms with Gasteiger partial charge in [-0.3, -0.25) is 24.5 Å². The van der Waals surface area contributed by atoms with E-state index in [0.717, 1.165) is 12.8 Å². The molecule has 0 unspecified atom stereocenters. The Morgan fingerprint density at radius 3 is 2.74 bits per heavy atom. The number of nitrogens with zero attached hydrogens (tertiary/aromatic N) is 2. The van der Waals surface area contributed by atoms with E-state index in [4.69, 9.17) is 0 Å². The molecule has 2 aliphatic rings. The van der Waals surface area contributed by atoms with Crippen LogP contribution in [0.2, 0.25) is 0 Å². The topological polar surface area (TPSA) is 130 Å². The maximum atomic E-state index is 12.4. The number of aliphatic carboxylic acids is 1. The lowest BCUT2D eigenvalue weighted by Gasteiger charge is -2.23. The summed E-state index contributed by atoms with van der Waals surface area (Å²) in [6.07, 6.45) is 2.23. The quantitative estimate of drug-likeness (QED) is 0.590. The lowest BCUT2D eigenvalue weighted by Crippen LogP contribution is -2.41. The van der Waals surface area contributed by atoms with Crippen LogP contribution in [-0.2, 0) is 9.59 Å². The van der Waals surface area contributed by atoms with Crippen molar-refractivity contribution in [2.24, 2.45) is 11.3 Å². The van der Waals surface area contributed by atoms with Crippen LogP contribution in [0.25, 0.3) is 0 Å². The third-order valence-corrected chi connectivity index (χ3v) is 5.71. The van der Waals surface area contributed by atoms with Gasteiger partial charge in [-0.1, -0.05) is 6.42 Å². The van der Waals surface area contributed by atoms with Gasteiger partial charge in [-0.05, 0) is 37.8 Å². The maximum absolute atomic E-state index is 12.4. The molecule has 2 amide bonds. The minimum Gasteiger partial charge on any atom is -0.481 e. The second-order valence-electron chi connectivity index (χ2n) is 7.27. The third kappa shape index (κ3) is 3.36. The molecule has 2 N–H and O–H groups in total. The van der Waals surface area contributed by atoms with E-state index >= 15 is 0 Å². The molecule has 1 aromatic carbocycles. The summed E-state index contributed by atoms with van der Waals surface area (Å²) in [6, 6.07) is 3.99. The van der Waals surface area contributed by atoms with E-state index in [2.05, 4.69) is 5.32 Å². The van der Waals surface area contributed by atoms with Crippen LogP contribution >= 0.6 is 0 Å². The summed E-state index contributed by atoms with van der Waals surface area (Å²) in [5.74, 6) is -1.72. The van der Waals surface area contributed by atoms with Crippen molar-refractivity contribution in [3.63, 3.8) is 0 Å². The molecule has 0 bridgehead atoms. The molecule has 1 aliphatic heterocycles. The fourth-order valence-corrected chi connectivity index (χ4v) is 4.20. The lowest BCUT2D eigenvalue weighted by molar-refractivity contribution is -0.385. The first kappa shape index (κ1) is 18.8. The number of benzene rings is 1. The van der Waals surface area contributed by atoms with Crippen LogP contribution in [-0.4, -0.2) is 52.3 Å². The molecule has 1 heterocycles. The van der Waals surface area contributed by atoms with E-state index in [1.165, 1.54) is 30.0 Å². The van der Waals surface area contributed by atoms with Gasteiger partial charge < -0.3 is 15.3 Å². The Morgan fingerprint density at radius 1 is 1.41 bits per heavy atom. The predicted octanol–water partition coefficient (Wildman–Crippen LogP) is 1.35. The van der Waals surface area contributed by atoms with E-state index in [0.29, 0.717) is 18.5 Å². The van der Waals surface area contributed by atoms with E-state index in [-0.39, 0.29) is 36.2 Å². The van der Waals surface area contributed by atoms with Gasteiger partial charge in [0.1, 0.15) is 0 Å². The van der Waals surface area contributed by atoms with Gasteiger partial charge in [-0.25, -0.2) is 0 Å². The highest BCUT2D eigenvalue weighted by Gasteiger charge is 2.55. The van der Waals surface area contributed by atoms with Crippen molar-refractivity contribution < 1.29 is 24.4 Å². The number of carbonyl (C=O) groups excluding carboxylic acids is 2. The Labute approximate surface area is 155 Å². The number of hydrogen-bond donors (Lipinski definition) is 2. The van der Waals surface area contributed by atoms with Crippen LogP contribution in [0.5, 0.6) is 0 Å². The number of nitro groups is 1. The number of nitro benzene ring substituents is 1. The van der Waals surface area contributed by atoms with Crippen LogP contribution in [0.15, 0.2) is 18.2 Å². The molecule has 0 aromatic heterocycles. The zero-order valence-corrected chi connectivity index (χ0v) is 14.9. The monoisotopic (exact) mass is 375 g/mol. The molecule has 1 saturated heterocycles. The number of amides is 2. The SMILES string of the molecule is Cc1cc(C(=O)NCC(=O)N2C[C@@H]3CCC[C@@]3(C(=O)O)C2)ccc1[N+](=O)[O-]. The molecule has 9 nitrogen and oxygen atoms in total. The molecule has 27 heavy (non-hydrogen) atoms. The summed E-state index contributed by atoms with van der Waals surface area (Å²) >= 11 is 0. The Kier molecular flexibility index (Phi) is 4.86. The van der Waals surface area contributed by atoms with Crippen molar-refractivity contribution in [1.29, 1.82) is 0 Å². The number of rotatable bonds is 5. The van der Waals surface area contributed by atoms with Crippen molar-refractivity contribution >= 4 is 23.5 Å². The number of nitrogens with one attached hydrogen (secondary N) is 1. The standard InChI is InChI=1S/C18H21N3O6/c1-11-7-12(4-5-14(11)21(26)27)16(23)19-8-15(22)20-9-13-3-2-6-18(13,10-20)17(24)25/h4-5,7,13H,2-3,6,8-10H2,1H3,(H,19,23)(H,24,25)/t13-,18+/m0/s1. The molecular formula is C18H21N3O6. The molecule has 1 aromatic rings. The van der Waals surface area contributed by atoms with Crippen LogP contribution in [0.1, 0.15) is 35.2 Å².